The molecule has 1 heterocycles. The molecule has 6 nitrogen and oxygen atoms in total. The number of H-pyrrole nitrogens is 1. The van der Waals surface area contributed by atoms with Crippen LogP contribution in [0.25, 0.3) is 0 Å². The minimum Gasteiger partial charge on any atom is -0.350 e. The lowest BCUT2D eigenvalue weighted by Gasteiger charge is -2.56. The van der Waals surface area contributed by atoms with E-state index in [2.05, 4.69) is 15.5 Å². The zero-order valence-corrected chi connectivity index (χ0v) is 13.6. The van der Waals surface area contributed by atoms with Crippen molar-refractivity contribution in [3.63, 3.8) is 0 Å². The number of thioether (sulfide) groups is 1. The maximum atomic E-state index is 12.4. The van der Waals surface area contributed by atoms with E-state index >= 15 is 0 Å². The first-order chi connectivity index (χ1) is 10.5. The van der Waals surface area contributed by atoms with Crippen molar-refractivity contribution in [3.05, 3.63) is 10.5 Å². The molecule has 7 heteroatoms. The number of rotatable bonds is 4. The number of hydrogen-bond acceptors (Lipinski definition) is 4. The molecule has 0 spiro atoms. The standard InChI is InChI=1S/C15H22N4O2S/c1-19-13(21)17-18-14(19)22-8-12(20)16-15-5-9-2-10(6-15)4-11(3-9)7-15/h9-11H,2-8H2,1H3,(H,16,20)(H,17,21). The Kier molecular flexibility index (Phi) is 3.36. The van der Waals surface area contributed by atoms with Crippen molar-refractivity contribution < 1.29 is 4.79 Å². The average Bonchev–Trinajstić information content (AvgIpc) is 2.74. The normalized spacial score (nSPS) is 35.8. The van der Waals surface area contributed by atoms with E-state index in [9.17, 15) is 9.59 Å². The summed E-state index contributed by atoms with van der Waals surface area (Å²) in [6.07, 6.45) is 7.61. The monoisotopic (exact) mass is 322 g/mol. The van der Waals surface area contributed by atoms with Gasteiger partial charge in [-0.3, -0.25) is 9.36 Å². The Balaban J connectivity index is 1.38. The minimum absolute atomic E-state index is 0.0594. The number of aromatic nitrogens is 3. The summed E-state index contributed by atoms with van der Waals surface area (Å²) in [7, 11) is 1.66. The summed E-state index contributed by atoms with van der Waals surface area (Å²) in [5.74, 6) is 2.87. The zero-order chi connectivity index (χ0) is 15.3. The van der Waals surface area contributed by atoms with E-state index in [1.807, 2.05) is 0 Å². The van der Waals surface area contributed by atoms with Gasteiger partial charge in [0.1, 0.15) is 0 Å². The summed E-state index contributed by atoms with van der Waals surface area (Å²) in [5, 5.41) is 10.2. The van der Waals surface area contributed by atoms with Crippen molar-refractivity contribution in [2.75, 3.05) is 5.75 Å². The van der Waals surface area contributed by atoms with E-state index in [1.165, 1.54) is 35.6 Å². The fourth-order valence-electron chi connectivity index (χ4n) is 5.19. The predicted octanol–water partition coefficient (Wildman–Crippen LogP) is 1.29. The van der Waals surface area contributed by atoms with Crippen LogP contribution in [0.5, 0.6) is 0 Å². The summed E-state index contributed by atoms with van der Waals surface area (Å²) in [4.78, 5) is 23.7. The van der Waals surface area contributed by atoms with Gasteiger partial charge in [-0.15, -0.1) is 5.10 Å². The van der Waals surface area contributed by atoms with E-state index in [0.717, 1.165) is 37.0 Å². The van der Waals surface area contributed by atoms with Gasteiger partial charge in [0.25, 0.3) is 0 Å². The van der Waals surface area contributed by atoms with Crippen LogP contribution in [-0.4, -0.2) is 32.0 Å². The van der Waals surface area contributed by atoms with Gasteiger partial charge >= 0.3 is 5.69 Å². The van der Waals surface area contributed by atoms with Crippen LogP contribution in [0.15, 0.2) is 9.95 Å². The van der Waals surface area contributed by atoms with E-state index < -0.39 is 0 Å². The van der Waals surface area contributed by atoms with Crippen molar-refractivity contribution >= 4 is 17.7 Å². The molecule has 5 rings (SSSR count). The molecule has 4 bridgehead atoms. The Morgan fingerprint density at radius 2 is 1.91 bits per heavy atom. The molecule has 22 heavy (non-hydrogen) atoms. The van der Waals surface area contributed by atoms with Gasteiger partial charge in [-0.1, -0.05) is 11.8 Å². The topological polar surface area (TPSA) is 79.8 Å². The Labute approximate surface area is 133 Å². The van der Waals surface area contributed by atoms with Gasteiger partial charge in [-0.05, 0) is 56.3 Å². The molecular weight excluding hydrogens is 300 g/mol. The molecule has 0 aromatic carbocycles. The molecule has 2 N–H and O–H groups in total. The van der Waals surface area contributed by atoms with Gasteiger partial charge in [-0.2, -0.15) is 0 Å². The first-order valence-electron chi connectivity index (χ1n) is 8.08. The molecule has 0 radical (unpaired) electrons. The van der Waals surface area contributed by atoms with Gasteiger partial charge in [-0.25, -0.2) is 9.89 Å². The molecule has 4 aliphatic rings. The molecule has 4 aliphatic carbocycles. The van der Waals surface area contributed by atoms with Crippen LogP contribution in [-0.2, 0) is 11.8 Å². The van der Waals surface area contributed by atoms with Crippen LogP contribution in [0.4, 0.5) is 0 Å². The number of carbonyl (C=O) groups is 1. The van der Waals surface area contributed by atoms with Crippen LogP contribution in [0, 0.1) is 17.8 Å². The molecular formula is C15H22N4O2S. The molecule has 4 fully saturated rings. The summed E-state index contributed by atoms with van der Waals surface area (Å²) in [6.45, 7) is 0. The molecule has 0 unspecified atom stereocenters. The van der Waals surface area contributed by atoms with Crippen molar-refractivity contribution in [2.24, 2.45) is 24.8 Å². The Bertz CT molecular complexity index is 615. The SMILES string of the molecule is Cn1c(SCC(=O)NC23CC4CC(CC(C4)C2)C3)n[nH]c1=O. The molecule has 1 amide bonds. The fourth-order valence-corrected chi connectivity index (χ4v) is 5.91. The molecule has 4 saturated carbocycles. The maximum absolute atomic E-state index is 12.4. The third kappa shape index (κ3) is 2.49. The van der Waals surface area contributed by atoms with Crippen LogP contribution in [0.3, 0.4) is 0 Å². The van der Waals surface area contributed by atoms with Gasteiger partial charge in [0.15, 0.2) is 5.16 Å². The maximum Gasteiger partial charge on any atom is 0.343 e. The van der Waals surface area contributed by atoms with E-state index in [1.54, 1.807) is 7.05 Å². The third-order valence-electron chi connectivity index (χ3n) is 5.61. The summed E-state index contributed by atoms with van der Waals surface area (Å²) < 4.78 is 1.43. The van der Waals surface area contributed by atoms with Crippen molar-refractivity contribution in [1.82, 2.24) is 20.1 Å². The van der Waals surface area contributed by atoms with Crippen molar-refractivity contribution in [3.8, 4) is 0 Å². The third-order valence-corrected chi connectivity index (χ3v) is 6.64. The van der Waals surface area contributed by atoms with Crippen LogP contribution in [0.1, 0.15) is 38.5 Å². The average molecular weight is 322 g/mol. The lowest BCUT2D eigenvalue weighted by atomic mass is 9.53. The number of amides is 1. The lowest BCUT2D eigenvalue weighted by Crippen LogP contribution is -2.60. The van der Waals surface area contributed by atoms with Crippen molar-refractivity contribution in [1.29, 1.82) is 0 Å². The van der Waals surface area contributed by atoms with Gasteiger partial charge < -0.3 is 5.32 Å². The Morgan fingerprint density at radius 3 is 2.41 bits per heavy atom. The van der Waals surface area contributed by atoms with E-state index in [-0.39, 0.29) is 17.1 Å². The molecule has 120 valence electrons. The second-order valence-corrected chi connectivity index (χ2v) is 8.35. The van der Waals surface area contributed by atoms with E-state index in [0.29, 0.717) is 10.9 Å². The largest absolute Gasteiger partial charge is 0.350 e. The van der Waals surface area contributed by atoms with Crippen molar-refractivity contribution in [2.45, 2.75) is 49.2 Å². The number of nitrogens with one attached hydrogen (secondary N) is 2. The molecule has 0 aliphatic heterocycles. The summed E-state index contributed by atoms with van der Waals surface area (Å²) in [5.41, 5.74) is -0.187. The highest BCUT2D eigenvalue weighted by atomic mass is 32.2. The highest BCUT2D eigenvalue weighted by Crippen LogP contribution is 2.55. The zero-order valence-electron chi connectivity index (χ0n) is 12.8. The van der Waals surface area contributed by atoms with Crippen LogP contribution < -0.4 is 11.0 Å². The molecule has 0 atom stereocenters. The van der Waals surface area contributed by atoms with Crippen LogP contribution in [0.2, 0.25) is 0 Å². The molecule has 1 aromatic heterocycles. The first-order valence-corrected chi connectivity index (χ1v) is 9.07. The lowest BCUT2D eigenvalue weighted by molar-refractivity contribution is -0.124. The Hall–Kier alpha value is -1.24. The van der Waals surface area contributed by atoms with Gasteiger partial charge in [0.05, 0.1) is 5.75 Å². The fraction of sp³-hybridized carbons (Fsp3) is 0.800. The highest BCUT2D eigenvalue weighted by Gasteiger charge is 2.51. The minimum atomic E-state index is -0.246. The summed E-state index contributed by atoms with van der Waals surface area (Å²) >= 11 is 1.31. The van der Waals surface area contributed by atoms with Gasteiger partial charge in [0.2, 0.25) is 5.91 Å². The Morgan fingerprint density at radius 1 is 1.32 bits per heavy atom. The highest BCUT2D eigenvalue weighted by molar-refractivity contribution is 7.99. The first kappa shape index (κ1) is 14.4. The number of carbonyl (C=O) groups excluding carboxylic acids is 1. The molecule has 0 saturated heterocycles. The second-order valence-electron chi connectivity index (χ2n) is 7.41. The van der Waals surface area contributed by atoms with E-state index in [4.69, 9.17) is 0 Å². The number of nitrogens with zero attached hydrogens (tertiary/aromatic N) is 2. The predicted molar refractivity (Wildman–Crippen MR) is 83.6 cm³/mol. The smallest absolute Gasteiger partial charge is 0.343 e. The van der Waals surface area contributed by atoms with Gasteiger partial charge in [0, 0.05) is 12.6 Å². The quantitative estimate of drug-likeness (QED) is 0.819. The van der Waals surface area contributed by atoms with Crippen LogP contribution >= 0.6 is 11.8 Å². The number of aromatic amines is 1. The second kappa shape index (κ2) is 5.15. The summed E-state index contributed by atoms with van der Waals surface area (Å²) in [6, 6.07) is 0. The number of hydrogen-bond donors (Lipinski definition) is 2. The molecule has 1 aromatic rings.